The lowest BCUT2D eigenvalue weighted by atomic mass is 9.73. The Balaban J connectivity index is 2.23. The number of benzene rings is 1. The van der Waals surface area contributed by atoms with E-state index in [1.165, 1.54) is 4.90 Å². The molecule has 5 nitrogen and oxygen atoms in total. The van der Waals surface area contributed by atoms with Gasteiger partial charge in [-0.05, 0) is 36.7 Å². The minimum Gasteiger partial charge on any atom is -0.479 e. The van der Waals surface area contributed by atoms with E-state index in [1.54, 1.807) is 0 Å². The van der Waals surface area contributed by atoms with Crippen molar-refractivity contribution >= 4 is 12.1 Å². The van der Waals surface area contributed by atoms with Crippen LogP contribution in [0.2, 0.25) is 0 Å². The lowest BCUT2D eigenvalue weighted by Gasteiger charge is -2.45. The number of ether oxygens (including phenoxy) is 1. The van der Waals surface area contributed by atoms with Gasteiger partial charge in [-0.15, -0.1) is 0 Å². The molecular formula is C19H27NO4. The molecule has 1 amide bonds. The topological polar surface area (TPSA) is 66.8 Å². The van der Waals surface area contributed by atoms with Gasteiger partial charge in [0.1, 0.15) is 12.1 Å². The van der Waals surface area contributed by atoms with Gasteiger partial charge in [0.15, 0.2) is 0 Å². The van der Waals surface area contributed by atoms with Crippen molar-refractivity contribution in [1.29, 1.82) is 0 Å². The third kappa shape index (κ3) is 3.25. The monoisotopic (exact) mass is 333 g/mol. The molecule has 1 saturated carbocycles. The van der Waals surface area contributed by atoms with Crippen LogP contribution in [0.3, 0.4) is 0 Å². The van der Waals surface area contributed by atoms with E-state index >= 15 is 0 Å². The zero-order valence-corrected chi connectivity index (χ0v) is 14.7. The first-order valence-electron chi connectivity index (χ1n) is 8.57. The summed E-state index contributed by atoms with van der Waals surface area (Å²) in [5, 5.41) is 9.98. The summed E-state index contributed by atoms with van der Waals surface area (Å²) in [5.41, 5.74) is -0.798. The maximum Gasteiger partial charge on any atom is 0.411 e. The van der Waals surface area contributed by atoms with E-state index < -0.39 is 23.0 Å². The second-order valence-electron chi connectivity index (χ2n) is 7.09. The fraction of sp³-hybridized carbons (Fsp3) is 0.579. The minimum atomic E-state index is -1.20. The van der Waals surface area contributed by atoms with Gasteiger partial charge < -0.3 is 9.84 Å². The van der Waals surface area contributed by atoms with Crippen molar-refractivity contribution in [2.45, 2.75) is 58.6 Å². The van der Waals surface area contributed by atoms with Crippen molar-refractivity contribution in [1.82, 2.24) is 4.90 Å². The third-order valence-corrected chi connectivity index (χ3v) is 5.15. The van der Waals surface area contributed by atoms with E-state index in [0.29, 0.717) is 19.4 Å². The van der Waals surface area contributed by atoms with E-state index in [2.05, 4.69) is 0 Å². The molecule has 132 valence electrons. The van der Waals surface area contributed by atoms with Crippen LogP contribution in [0, 0.1) is 5.41 Å². The Labute approximate surface area is 143 Å². The number of aliphatic carboxylic acids is 1. The third-order valence-electron chi connectivity index (χ3n) is 5.15. The Hall–Kier alpha value is -2.04. The summed E-state index contributed by atoms with van der Waals surface area (Å²) in [5.74, 6) is -0.935. The van der Waals surface area contributed by atoms with Crippen molar-refractivity contribution in [2.24, 2.45) is 5.41 Å². The van der Waals surface area contributed by atoms with Gasteiger partial charge in [-0.2, -0.15) is 0 Å². The summed E-state index contributed by atoms with van der Waals surface area (Å²) in [4.78, 5) is 26.4. The average molecular weight is 333 g/mol. The van der Waals surface area contributed by atoms with Crippen LogP contribution in [0.25, 0.3) is 0 Å². The Kier molecular flexibility index (Phi) is 5.52. The van der Waals surface area contributed by atoms with Crippen LogP contribution in [0.4, 0.5) is 4.79 Å². The standard InChI is InChI=1S/C19H27NO4/c1-4-13-20(17(23)24-14-15-9-6-5-7-10-15)19(16(21)22)12-8-11-18(19,2)3/h5-7,9-10H,4,8,11-14H2,1-3H3,(H,21,22). The largest absolute Gasteiger partial charge is 0.479 e. The number of carbonyl (C=O) groups excluding carboxylic acids is 1. The predicted molar refractivity (Wildman–Crippen MR) is 91.6 cm³/mol. The maximum absolute atomic E-state index is 12.7. The number of carbonyl (C=O) groups is 2. The number of carboxylic acids is 1. The molecule has 0 saturated heterocycles. The Morgan fingerprint density at radius 1 is 1.21 bits per heavy atom. The van der Waals surface area contributed by atoms with Crippen LogP contribution in [0.1, 0.15) is 52.0 Å². The zero-order valence-electron chi connectivity index (χ0n) is 14.7. The van der Waals surface area contributed by atoms with Crippen molar-refractivity contribution < 1.29 is 19.4 Å². The van der Waals surface area contributed by atoms with Crippen molar-refractivity contribution in [3.8, 4) is 0 Å². The molecule has 1 fully saturated rings. The molecule has 2 rings (SSSR count). The molecule has 1 unspecified atom stereocenters. The Morgan fingerprint density at radius 2 is 1.88 bits per heavy atom. The molecule has 0 spiro atoms. The minimum absolute atomic E-state index is 0.149. The van der Waals surface area contributed by atoms with E-state index in [4.69, 9.17) is 4.74 Å². The van der Waals surface area contributed by atoms with Crippen LogP contribution >= 0.6 is 0 Å². The number of hydrogen-bond donors (Lipinski definition) is 1. The van der Waals surface area contributed by atoms with Gasteiger partial charge in [-0.1, -0.05) is 51.1 Å². The smallest absolute Gasteiger partial charge is 0.411 e. The van der Waals surface area contributed by atoms with Gasteiger partial charge in [0.2, 0.25) is 0 Å². The highest BCUT2D eigenvalue weighted by molar-refractivity contribution is 5.86. The van der Waals surface area contributed by atoms with Crippen molar-refractivity contribution in [2.75, 3.05) is 6.54 Å². The van der Waals surface area contributed by atoms with E-state index in [-0.39, 0.29) is 6.61 Å². The number of amides is 1. The second-order valence-corrected chi connectivity index (χ2v) is 7.09. The summed E-state index contributed by atoms with van der Waals surface area (Å²) < 4.78 is 5.45. The Morgan fingerprint density at radius 3 is 2.38 bits per heavy atom. The number of rotatable bonds is 6. The quantitative estimate of drug-likeness (QED) is 0.852. The molecule has 1 atom stereocenters. The number of nitrogens with zero attached hydrogens (tertiary/aromatic N) is 1. The van der Waals surface area contributed by atoms with Gasteiger partial charge in [-0.3, -0.25) is 4.90 Å². The molecule has 5 heteroatoms. The summed E-state index contributed by atoms with van der Waals surface area (Å²) >= 11 is 0. The zero-order chi connectivity index (χ0) is 17.8. The van der Waals surface area contributed by atoms with Crippen LogP contribution in [-0.2, 0) is 16.1 Å². The van der Waals surface area contributed by atoms with Crippen molar-refractivity contribution in [3.05, 3.63) is 35.9 Å². The number of hydrogen-bond acceptors (Lipinski definition) is 3. The highest BCUT2D eigenvalue weighted by Gasteiger charge is 2.60. The molecule has 24 heavy (non-hydrogen) atoms. The van der Waals surface area contributed by atoms with Gasteiger partial charge in [0.25, 0.3) is 0 Å². The van der Waals surface area contributed by atoms with Crippen LogP contribution in [0.5, 0.6) is 0 Å². The summed E-state index contributed by atoms with van der Waals surface area (Å²) in [6.45, 7) is 6.33. The molecule has 0 bridgehead atoms. The molecule has 0 aliphatic heterocycles. The van der Waals surface area contributed by atoms with Gasteiger partial charge in [0.05, 0.1) is 0 Å². The maximum atomic E-state index is 12.7. The van der Waals surface area contributed by atoms with E-state index in [1.807, 2.05) is 51.1 Å². The summed E-state index contributed by atoms with van der Waals surface area (Å²) in [7, 11) is 0. The van der Waals surface area contributed by atoms with E-state index in [0.717, 1.165) is 18.4 Å². The highest BCUT2D eigenvalue weighted by atomic mass is 16.6. The summed E-state index contributed by atoms with van der Waals surface area (Å²) in [6, 6.07) is 9.42. The second kappa shape index (κ2) is 7.24. The first-order valence-corrected chi connectivity index (χ1v) is 8.57. The molecule has 0 aromatic heterocycles. The normalized spacial score (nSPS) is 22.1. The van der Waals surface area contributed by atoms with E-state index in [9.17, 15) is 14.7 Å². The van der Waals surface area contributed by atoms with Crippen LogP contribution in [-0.4, -0.2) is 34.2 Å². The van der Waals surface area contributed by atoms with Crippen molar-refractivity contribution in [3.63, 3.8) is 0 Å². The predicted octanol–water partition coefficient (Wildman–Crippen LogP) is 4.07. The molecule has 0 heterocycles. The fourth-order valence-electron chi connectivity index (χ4n) is 3.80. The van der Waals surface area contributed by atoms with Crippen LogP contribution < -0.4 is 0 Å². The molecule has 1 aliphatic rings. The lowest BCUT2D eigenvalue weighted by molar-refractivity contribution is -0.157. The molecular weight excluding hydrogens is 306 g/mol. The molecule has 1 N–H and O–H groups in total. The van der Waals surface area contributed by atoms with Gasteiger partial charge in [-0.25, -0.2) is 9.59 Å². The first kappa shape index (κ1) is 18.3. The van der Waals surface area contributed by atoms with Gasteiger partial charge >= 0.3 is 12.1 Å². The molecule has 1 aliphatic carbocycles. The Bertz CT molecular complexity index is 584. The van der Waals surface area contributed by atoms with Crippen LogP contribution in [0.15, 0.2) is 30.3 Å². The first-order chi connectivity index (χ1) is 11.3. The SMILES string of the molecule is CCCN(C(=O)OCc1ccccc1)C1(C(=O)O)CCCC1(C)C. The lowest BCUT2D eigenvalue weighted by Crippen LogP contribution is -2.62. The molecule has 1 aromatic carbocycles. The molecule has 0 radical (unpaired) electrons. The van der Waals surface area contributed by atoms with Gasteiger partial charge in [0, 0.05) is 6.54 Å². The molecule has 1 aromatic rings. The highest BCUT2D eigenvalue weighted by Crippen LogP contribution is 2.50. The summed E-state index contributed by atoms with van der Waals surface area (Å²) in [6.07, 6.45) is 2.19. The fourth-order valence-corrected chi connectivity index (χ4v) is 3.80. The number of carboxylic acid groups (broad SMARTS) is 1. The average Bonchev–Trinajstić information content (AvgIpc) is 2.87.